The number of aromatic nitrogens is 1. The van der Waals surface area contributed by atoms with Crippen LogP contribution in [-0.2, 0) is 0 Å². The van der Waals surface area contributed by atoms with E-state index in [9.17, 15) is 4.79 Å². The maximum absolute atomic E-state index is 11.4. The van der Waals surface area contributed by atoms with Gasteiger partial charge in [-0.3, -0.25) is 4.79 Å². The molecule has 0 radical (unpaired) electrons. The molecule has 2 nitrogen and oxygen atoms in total. The van der Waals surface area contributed by atoms with Crippen molar-refractivity contribution in [1.82, 2.24) is 4.98 Å². The molecule has 0 aliphatic rings. The monoisotopic (exact) mass is 301 g/mol. The molecule has 0 fully saturated rings. The van der Waals surface area contributed by atoms with Gasteiger partial charge in [-0.2, -0.15) is 0 Å². The number of carbonyl (C=O) groups is 1. The summed E-state index contributed by atoms with van der Waals surface area (Å²) in [5.74, 6) is 0.856. The van der Waals surface area contributed by atoms with Crippen LogP contribution in [0.3, 0.4) is 0 Å². The van der Waals surface area contributed by atoms with Crippen molar-refractivity contribution in [3.8, 4) is 0 Å². The molecule has 1 rings (SSSR count). The maximum Gasteiger partial charge on any atom is 0.253 e. The van der Waals surface area contributed by atoms with Crippen molar-refractivity contribution in [1.29, 1.82) is 0 Å². The number of nitrogens with zero attached hydrogens (tertiary/aromatic N) is 1. The van der Waals surface area contributed by atoms with Gasteiger partial charge < -0.3 is 0 Å². The lowest BCUT2D eigenvalue weighted by Gasteiger charge is -1.95. The minimum absolute atomic E-state index is 0.0468. The molecule has 1 aromatic heterocycles. The van der Waals surface area contributed by atoms with Crippen molar-refractivity contribution >= 4 is 62.5 Å². The molecule has 0 bridgehead atoms. The highest BCUT2D eigenvalue weighted by atomic mass is 35.5. The first kappa shape index (κ1) is 13.6. The van der Waals surface area contributed by atoms with Crippen molar-refractivity contribution in [2.24, 2.45) is 0 Å². The summed E-state index contributed by atoms with van der Waals surface area (Å²) in [4.78, 5) is 15.4. The standard InChI is InChI=1S/C8H9Cl2NOS3/c1-2-3-4-13-8(12)15-7-11-5(9)6(10)14-7/h2-4H2,1H3. The SMILES string of the molecule is CCCCSC(=O)Sc1nc(Cl)c(Cl)s1. The fourth-order valence-corrected chi connectivity index (χ4v) is 4.23. The zero-order valence-electron chi connectivity index (χ0n) is 7.96. The second-order valence-corrected chi connectivity index (χ2v) is 7.10. The van der Waals surface area contributed by atoms with Crippen LogP contribution in [0.1, 0.15) is 19.8 Å². The Bertz CT molecular complexity index is 323. The average Bonchev–Trinajstić information content (AvgIpc) is 2.46. The van der Waals surface area contributed by atoms with Crippen LogP contribution >= 0.6 is 58.1 Å². The second-order valence-electron chi connectivity index (χ2n) is 2.60. The van der Waals surface area contributed by atoms with Crippen LogP contribution in [-0.4, -0.2) is 15.2 Å². The molecule has 0 unspecified atom stereocenters. The van der Waals surface area contributed by atoms with E-state index in [1.807, 2.05) is 0 Å². The van der Waals surface area contributed by atoms with E-state index in [-0.39, 0.29) is 9.60 Å². The number of rotatable bonds is 4. The first-order valence-electron chi connectivity index (χ1n) is 4.30. The van der Waals surface area contributed by atoms with Gasteiger partial charge in [-0.25, -0.2) is 4.98 Å². The van der Waals surface area contributed by atoms with E-state index in [4.69, 9.17) is 23.2 Å². The summed E-state index contributed by atoms with van der Waals surface area (Å²) in [5, 5.41) is 0.274. The fraction of sp³-hybridized carbons (Fsp3) is 0.500. The Balaban J connectivity index is 2.37. The summed E-state index contributed by atoms with van der Waals surface area (Å²) < 4.78 is 1.09. The zero-order valence-corrected chi connectivity index (χ0v) is 11.9. The molecule has 0 aromatic carbocycles. The molecule has 0 atom stereocenters. The Morgan fingerprint density at radius 2 is 2.27 bits per heavy atom. The van der Waals surface area contributed by atoms with E-state index in [2.05, 4.69) is 11.9 Å². The number of carbonyl (C=O) groups excluding carboxylic acids is 1. The topological polar surface area (TPSA) is 30.0 Å². The number of hydrogen-bond donors (Lipinski definition) is 0. The normalized spacial score (nSPS) is 10.6. The van der Waals surface area contributed by atoms with Crippen LogP contribution in [0.4, 0.5) is 4.79 Å². The molecule has 1 heterocycles. The van der Waals surface area contributed by atoms with E-state index in [0.29, 0.717) is 8.68 Å². The van der Waals surface area contributed by atoms with Gasteiger partial charge in [0.2, 0.25) is 0 Å². The molecule has 84 valence electrons. The average molecular weight is 302 g/mol. The third-order valence-corrected chi connectivity index (χ3v) is 5.21. The van der Waals surface area contributed by atoms with Gasteiger partial charge >= 0.3 is 0 Å². The van der Waals surface area contributed by atoms with E-state index in [1.54, 1.807) is 0 Å². The molecule has 1 aromatic rings. The largest absolute Gasteiger partial charge is 0.274 e. The van der Waals surface area contributed by atoms with E-state index in [1.165, 1.54) is 23.1 Å². The lowest BCUT2D eigenvalue weighted by Crippen LogP contribution is -1.84. The van der Waals surface area contributed by atoms with E-state index in [0.717, 1.165) is 30.4 Å². The summed E-state index contributed by atoms with van der Waals surface area (Å²) in [6.45, 7) is 2.10. The molecule has 0 aliphatic heterocycles. The molecule has 0 spiro atoms. The van der Waals surface area contributed by atoms with Crippen LogP contribution < -0.4 is 0 Å². The summed E-state index contributed by atoms with van der Waals surface area (Å²) in [6.07, 6.45) is 2.15. The van der Waals surface area contributed by atoms with Crippen molar-refractivity contribution in [3.63, 3.8) is 0 Å². The summed E-state index contributed by atoms with van der Waals surface area (Å²) in [7, 11) is 0. The lowest BCUT2D eigenvalue weighted by molar-refractivity contribution is 0.276. The molecule has 7 heteroatoms. The van der Waals surface area contributed by atoms with Gasteiger partial charge in [-0.05, 0) is 18.2 Å². The Hall–Kier alpha value is 0.580. The quantitative estimate of drug-likeness (QED) is 0.565. The summed E-state index contributed by atoms with van der Waals surface area (Å²) in [5.41, 5.74) is 0. The Morgan fingerprint density at radius 1 is 1.53 bits per heavy atom. The minimum Gasteiger partial charge on any atom is -0.274 e. The molecule has 0 saturated carbocycles. The smallest absolute Gasteiger partial charge is 0.253 e. The van der Waals surface area contributed by atoms with Crippen LogP contribution in [0, 0.1) is 0 Å². The predicted molar refractivity (Wildman–Crippen MR) is 70.8 cm³/mol. The van der Waals surface area contributed by atoms with Gasteiger partial charge in [0.05, 0.1) is 0 Å². The number of thioether (sulfide) groups is 2. The number of halogens is 2. The highest BCUT2D eigenvalue weighted by Gasteiger charge is 2.12. The van der Waals surface area contributed by atoms with Crippen LogP contribution in [0.15, 0.2) is 4.34 Å². The highest BCUT2D eigenvalue weighted by molar-refractivity contribution is 8.39. The van der Waals surface area contributed by atoms with Crippen molar-refractivity contribution < 1.29 is 4.79 Å². The predicted octanol–water partition coefficient (Wildman–Crippen LogP) is 5.20. The van der Waals surface area contributed by atoms with E-state index < -0.39 is 0 Å². The maximum atomic E-state index is 11.4. The van der Waals surface area contributed by atoms with Gasteiger partial charge in [0.15, 0.2) is 9.49 Å². The first-order valence-corrected chi connectivity index (χ1v) is 7.67. The summed E-state index contributed by atoms with van der Waals surface area (Å²) in [6, 6.07) is 0. The molecule has 0 saturated heterocycles. The summed E-state index contributed by atoms with van der Waals surface area (Å²) >= 11 is 15.0. The zero-order chi connectivity index (χ0) is 11.3. The van der Waals surface area contributed by atoms with Crippen molar-refractivity contribution in [3.05, 3.63) is 9.49 Å². The van der Waals surface area contributed by atoms with Gasteiger partial charge in [-0.1, -0.05) is 59.6 Å². The van der Waals surface area contributed by atoms with Gasteiger partial charge in [0.1, 0.15) is 4.34 Å². The molecular weight excluding hydrogens is 293 g/mol. The van der Waals surface area contributed by atoms with Crippen molar-refractivity contribution in [2.45, 2.75) is 24.1 Å². The highest BCUT2D eigenvalue weighted by Crippen LogP contribution is 2.36. The van der Waals surface area contributed by atoms with Gasteiger partial charge in [0, 0.05) is 5.75 Å². The third-order valence-electron chi connectivity index (χ3n) is 1.42. The molecule has 0 amide bonds. The van der Waals surface area contributed by atoms with Crippen LogP contribution in [0.25, 0.3) is 0 Å². The number of unbranched alkanes of at least 4 members (excludes halogenated alkanes) is 1. The molecule has 15 heavy (non-hydrogen) atoms. The van der Waals surface area contributed by atoms with Gasteiger partial charge in [0.25, 0.3) is 4.45 Å². The molecular formula is C8H9Cl2NOS3. The lowest BCUT2D eigenvalue weighted by atomic mass is 10.4. The Kier molecular flexibility index (Phi) is 6.38. The fourth-order valence-electron chi connectivity index (χ4n) is 0.710. The van der Waals surface area contributed by atoms with Gasteiger partial charge in [-0.15, -0.1) is 0 Å². The Labute approximate surface area is 111 Å². The van der Waals surface area contributed by atoms with Crippen LogP contribution in [0.2, 0.25) is 9.49 Å². The third kappa shape index (κ3) is 4.95. The number of hydrogen-bond acceptors (Lipinski definition) is 5. The number of thiazole rings is 1. The second kappa shape index (κ2) is 7.01. The molecule has 0 aliphatic carbocycles. The first-order chi connectivity index (χ1) is 7.13. The molecule has 0 N–H and O–H groups in total. The van der Waals surface area contributed by atoms with Crippen molar-refractivity contribution in [2.75, 3.05) is 5.75 Å². The Morgan fingerprint density at radius 3 is 2.80 bits per heavy atom. The minimum atomic E-state index is 0.0468. The van der Waals surface area contributed by atoms with Crippen LogP contribution in [0.5, 0.6) is 0 Å². The van der Waals surface area contributed by atoms with E-state index >= 15 is 0 Å².